The molecular formula is C11H20N4. The molecule has 2 rings (SSSR count). The lowest BCUT2D eigenvalue weighted by molar-refractivity contribution is 0.424. The maximum absolute atomic E-state index is 4.40. The molecule has 0 radical (unpaired) electrons. The number of hydrogen-bond acceptors (Lipinski definition) is 3. The van der Waals surface area contributed by atoms with Crippen molar-refractivity contribution in [3.63, 3.8) is 0 Å². The minimum Gasteiger partial charge on any atom is -0.363 e. The van der Waals surface area contributed by atoms with E-state index in [1.807, 2.05) is 11.7 Å². The van der Waals surface area contributed by atoms with Gasteiger partial charge in [-0.1, -0.05) is 0 Å². The van der Waals surface area contributed by atoms with Crippen molar-refractivity contribution >= 4 is 5.69 Å². The van der Waals surface area contributed by atoms with Crippen LogP contribution in [0.4, 0.5) is 5.69 Å². The SMILES string of the molecule is Cc1nn(C)cc1N1CC(C)NCC1C. The smallest absolute Gasteiger partial charge is 0.0827 e. The second kappa shape index (κ2) is 3.85. The van der Waals surface area contributed by atoms with E-state index in [9.17, 15) is 0 Å². The number of rotatable bonds is 1. The summed E-state index contributed by atoms with van der Waals surface area (Å²) in [4.78, 5) is 2.45. The van der Waals surface area contributed by atoms with Gasteiger partial charge in [0.15, 0.2) is 0 Å². The van der Waals surface area contributed by atoms with E-state index in [1.54, 1.807) is 0 Å². The van der Waals surface area contributed by atoms with Crippen LogP contribution in [-0.4, -0.2) is 35.0 Å². The second-order valence-electron chi connectivity index (χ2n) is 4.58. The molecule has 84 valence electrons. The van der Waals surface area contributed by atoms with Crippen LogP contribution in [0, 0.1) is 6.92 Å². The third-order valence-electron chi connectivity index (χ3n) is 3.06. The van der Waals surface area contributed by atoms with Gasteiger partial charge in [-0.2, -0.15) is 5.10 Å². The molecule has 0 amide bonds. The Kier molecular flexibility index (Phi) is 2.69. The fourth-order valence-electron chi connectivity index (χ4n) is 2.23. The first-order chi connectivity index (χ1) is 7.08. The Balaban J connectivity index is 2.24. The summed E-state index contributed by atoms with van der Waals surface area (Å²) in [6.07, 6.45) is 2.11. The lowest BCUT2D eigenvalue weighted by Crippen LogP contribution is -2.54. The van der Waals surface area contributed by atoms with Crippen LogP contribution < -0.4 is 10.2 Å². The second-order valence-corrected chi connectivity index (χ2v) is 4.58. The van der Waals surface area contributed by atoms with E-state index in [-0.39, 0.29) is 0 Å². The van der Waals surface area contributed by atoms with Gasteiger partial charge in [-0.25, -0.2) is 0 Å². The minimum atomic E-state index is 0.545. The number of hydrogen-bond donors (Lipinski definition) is 1. The van der Waals surface area contributed by atoms with Crippen LogP contribution in [0.15, 0.2) is 6.20 Å². The van der Waals surface area contributed by atoms with Crippen LogP contribution in [0.25, 0.3) is 0 Å². The van der Waals surface area contributed by atoms with E-state index < -0.39 is 0 Å². The molecule has 2 heterocycles. The normalized spacial score (nSPS) is 27.1. The highest BCUT2D eigenvalue weighted by Gasteiger charge is 2.24. The van der Waals surface area contributed by atoms with Crippen LogP contribution in [0.3, 0.4) is 0 Å². The molecule has 4 heteroatoms. The van der Waals surface area contributed by atoms with E-state index in [0.29, 0.717) is 12.1 Å². The molecule has 15 heavy (non-hydrogen) atoms. The molecule has 1 aliphatic heterocycles. The highest BCUT2D eigenvalue weighted by Crippen LogP contribution is 2.22. The molecule has 4 nitrogen and oxygen atoms in total. The zero-order valence-corrected chi connectivity index (χ0v) is 9.99. The van der Waals surface area contributed by atoms with Crippen molar-refractivity contribution in [1.82, 2.24) is 15.1 Å². The summed E-state index contributed by atoms with van der Waals surface area (Å²) in [7, 11) is 1.98. The highest BCUT2D eigenvalue weighted by atomic mass is 15.3. The summed E-state index contributed by atoms with van der Waals surface area (Å²) in [6.45, 7) is 8.67. The Morgan fingerprint density at radius 2 is 2.20 bits per heavy atom. The van der Waals surface area contributed by atoms with Crippen molar-refractivity contribution in [3.05, 3.63) is 11.9 Å². The van der Waals surface area contributed by atoms with Gasteiger partial charge in [0.1, 0.15) is 0 Å². The predicted octanol–water partition coefficient (Wildman–Crippen LogP) is 0.915. The van der Waals surface area contributed by atoms with E-state index >= 15 is 0 Å². The van der Waals surface area contributed by atoms with Gasteiger partial charge in [-0.15, -0.1) is 0 Å². The van der Waals surface area contributed by atoms with Gasteiger partial charge >= 0.3 is 0 Å². The first kappa shape index (κ1) is 10.5. The Morgan fingerprint density at radius 1 is 1.47 bits per heavy atom. The Labute approximate surface area is 91.3 Å². The molecule has 0 aromatic carbocycles. The molecule has 0 bridgehead atoms. The van der Waals surface area contributed by atoms with Crippen LogP contribution in [-0.2, 0) is 7.05 Å². The van der Waals surface area contributed by atoms with E-state index in [4.69, 9.17) is 0 Å². The summed E-state index contributed by atoms with van der Waals surface area (Å²) in [6, 6.07) is 1.10. The molecule has 2 unspecified atom stereocenters. The van der Waals surface area contributed by atoms with Gasteiger partial charge in [0.25, 0.3) is 0 Å². The van der Waals surface area contributed by atoms with E-state index in [0.717, 1.165) is 18.8 Å². The monoisotopic (exact) mass is 208 g/mol. The zero-order chi connectivity index (χ0) is 11.0. The third-order valence-corrected chi connectivity index (χ3v) is 3.06. The molecule has 1 aromatic heterocycles. The van der Waals surface area contributed by atoms with E-state index in [1.165, 1.54) is 5.69 Å². The zero-order valence-electron chi connectivity index (χ0n) is 9.99. The molecule has 1 saturated heterocycles. The molecule has 1 aromatic rings. The fraction of sp³-hybridized carbons (Fsp3) is 0.727. The average molecular weight is 208 g/mol. The van der Waals surface area contributed by atoms with Crippen molar-refractivity contribution in [2.45, 2.75) is 32.9 Å². The predicted molar refractivity (Wildman–Crippen MR) is 62.2 cm³/mol. The van der Waals surface area contributed by atoms with Crippen molar-refractivity contribution in [2.75, 3.05) is 18.0 Å². The van der Waals surface area contributed by atoms with Gasteiger partial charge in [-0.05, 0) is 20.8 Å². The number of anilines is 1. The van der Waals surface area contributed by atoms with Crippen LogP contribution in [0.5, 0.6) is 0 Å². The number of aromatic nitrogens is 2. The molecule has 1 aliphatic rings. The summed E-state index contributed by atoms with van der Waals surface area (Å²) in [5, 5.41) is 7.89. The van der Waals surface area contributed by atoms with Crippen molar-refractivity contribution in [1.29, 1.82) is 0 Å². The quantitative estimate of drug-likeness (QED) is 0.745. The summed E-state index contributed by atoms with van der Waals surface area (Å²) < 4.78 is 1.89. The average Bonchev–Trinajstić information content (AvgIpc) is 2.50. The molecule has 1 N–H and O–H groups in total. The molecule has 1 fully saturated rings. The third kappa shape index (κ3) is 2.00. The number of piperazine rings is 1. The van der Waals surface area contributed by atoms with Crippen LogP contribution in [0.1, 0.15) is 19.5 Å². The number of nitrogens with zero attached hydrogens (tertiary/aromatic N) is 3. The largest absolute Gasteiger partial charge is 0.363 e. The Bertz CT molecular complexity index is 344. The maximum atomic E-state index is 4.40. The summed E-state index contributed by atoms with van der Waals surface area (Å²) in [5.74, 6) is 0. The Hall–Kier alpha value is -1.03. The highest BCUT2D eigenvalue weighted by molar-refractivity contribution is 5.50. The number of nitrogens with one attached hydrogen (secondary N) is 1. The lowest BCUT2D eigenvalue weighted by Gasteiger charge is -2.38. The van der Waals surface area contributed by atoms with Gasteiger partial charge in [0.2, 0.25) is 0 Å². The topological polar surface area (TPSA) is 33.1 Å². The van der Waals surface area contributed by atoms with E-state index in [2.05, 4.69) is 42.3 Å². The summed E-state index contributed by atoms with van der Waals surface area (Å²) >= 11 is 0. The van der Waals surface area contributed by atoms with Crippen molar-refractivity contribution in [3.8, 4) is 0 Å². The molecule has 2 atom stereocenters. The molecule has 0 spiro atoms. The van der Waals surface area contributed by atoms with Crippen LogP contribution in [0.2, 0.25) is 0 Å². The van der Waals surface area contributed by atoms with Crippen molar-refractivity contribution < 1.29 is 0 Å². The summed E-state index contributed by atoms with van der Waals surface area (Å²) in [5.41, 5.74) is 2.40. The van der Waals surface area contributed by atoms with Gasteiger partial charge in [-0.3, -0.25) is 4.68 Å². The minimum absolute atomic E-state index is 0.545. The van der Waals surface area contributed by atoms with Gasteiger partial charge in [0, 0.05) is 38.4 Å². The maximum Gasteiger partial charge on any atom is 0.0827 e. The molecule has 0 saturated carbocycles. The van der Waals surface area contributed by atoms with Crippen molar-refractivity contribution in [2.24, 2.45) is 7.05 Å². The van der Waals surface area contributed by atoms with Crippen LogP contribution >= 0.6 is 0 Å². The van der Waals surface area contributed by atoms with Gasteiger partial charge < -0.3 is 10.2 Å². The first-order valence-corrected chi connectivity index (χ1v) is 5.58. The fourth-order valence-corrected chi connectivity index (χ4v) is 2.23. The van der Waals surface area contributed by atoms with Gasteiger partial charge in [0.05, 0.1) is 11.4 Å². The first-order valence-electron chi connectivity index (χ1n) is 5.58. The Morgan fingerprint density at radius 3 is 2.80 bits per heavy atom. The molecule has 0 aliphatic carbocycles. The lowest BCUT2D eigenvalue weighted by atomic mass is 10.1. The number of aryl methyl sites for hydroxylation is 2. The standard InChI is InChI=1S/C11H20N4/c1-8-6-15(9(2)5-12-8)11-7-14(4)13-10(11)3/h7-9,12H,5-6H2,1-4H3. The molecular weight excluding hydrogens is 188 g/mol.